The van der Waals surface area contributed by atoms with E-state index in [1.165, 1.54) is 6.20 Å². The molecule has 1 aliphatic heterocycles. The van der Waals surface area contributed by atoms with Gasteiger partial charge in [-0.15, -0.1) is 0 Å². The first-order valence-electron chi connectivity index (χ1n) is 7.05. The largest absolute Gasteiger partial charge is 0.381 e. The van der Waals surface area contributed by atoms with Crippen LogP contribution in [0.5, 0.6) is 0 Å². The average molecular weight is 294 g/mol. The average Bonchev–Trinajstić information content (AvgIpc) is 2.46. The molecule has 1 N–H and O–H groups in total. The minimum atomic E-state index is -0.427. The van der Waals surface area contributed by atoms with Gasteiger partial charge in [0.15, 0.2) is 0 Å². The summed E-state index contributed by atoms with van der Waals surface area (Å²) >= 11 is 0. The second-order valence-corrected chi connectivity index (χ2v) is 5.70. The number of pyridine rings is 1. The van der Waals surface area contributed by atoms with Crippen molar-refractivity contribution in [2.24, 2.45) is 0 Å². The van der Waals surface area contributed by atoms with Gasteiger partial charge in [0, 0.05) is 31.4 Å². The van der Waals surface area contributed by atoms with Crippen LogP contribution in [0, 0.1) is 17.0 Å². The number of hydrogen-bond donors (Lipinski definition) is 1. The van der Waals surface area contributed by atoms with Crippen LogP contribution in [0.3, 0.4) is 0 Å². The van der Waals surface area contributed by atoms with Crippen LogP contribution in [0.25, 0.3) is 0 Å². The quantitative estimate of drug-likeness (QED) is 0.659. The molecule has 0 atom stereocenters. The summed E-state index contributed by atoms with van der Waals surface area (Å²) in [5, 5.41) is 14.1. The maximum absolute atomic E-state index is 10.7. The Morgan fingerprint density at radius 2 is 2.14 bits per heavy atom. The molecule has 0 amide bonds. The van der Waals surface area contributed by atoms with Crippen LogP contribution in [-0.2, 0) is 4.74 Å². The predicted molar refractivity (Wildman–Crippen MR) is 80.6 cm³/mol. The Morgan fingerprint density at radius 1 is 1.48 bits per heavy atom. The molecule has 0 aromatic carbocycles. The molecule has 7 heteroatoms. The van der Waals surface area contributed by atoms with Crippen LogP contribution >= 0.6 is 0 Å². The first kappa shape index (κ1) is 15.7. The molecule has 0 saturated carbocycles. The third-order valence-electron chi connectivity index (χ3n) is 4.23. The van der Waals surface area contributed by atoms with Crippen LogP contribution in [0.4, 0.5) is 11.5 Å². The predicted octanol–water partition coefficient (Wildman–Crippen LogP) is 1.82. The molecule has 116 valence electrons. The summed E-state index contributed by atoms with van der Waals surface area (Å²) < 4.78 is 5.45. The number of ether oxygens (including phenoxy) is 1. The van der Waals surface area contributed by atoms with Crippen molar-refractivity contribution in [1.29, 1.82) is 0 Å². The molecule has 0 bridgehead atoms. The van der Waals surface area contributed by atoms with E-state index in [2.05, 4.69) is 29.3 Å². The molecule has 0 unspecified atom stereocenters. The Bertz CT molecular complexity index is 513. The third-order valence-corrected chi connectivity index (χ3v) is 4.23. The zero-order chi connectivity index (χ0) is 15.5. The number of aromatic nitrogens is 1. The standard InChI is InChI=1S/C14H22N4O3/c1-11-8-12(18(19)20)9-15-13(11)16-10-14(17(2)3)4-6-21-7-5-14/h8-9H,4-7,10H2,1-3H3,(H,15,16). The van der Waals surface area contributed by atoms with Crippen LogP contribution < -0.4 is 5.32 Å². The third kappa shape index (κ3) is 3.48. The first-order chi connectivity index (χ1) is 9.94. The minimum absolute atomic E-state index is 0.0199. The lowest BCUT2D eigenvalue weighted by molar-refractivity contribution is -0.385. The number of nitrogens with zero attached hydrogens (tertiary/aromatic N) is 3. The zero-order valence-electron chi connectivity index (χ0n) is 12.8. The van der Waals surface area contributed by atoms with Crippen LogP contribution in [-0.4, -0.2) is 54.2 Å². The number of aryl methyl sites for hydroxylation is 1. The molecule has 1 fully saturated rings. The maximum atomic E-state index is 10.7. The number of likely N-dealkylation sites (N-methyl/N-ethyl adjacent to an activating group) is 1. The molecular formula is C14H22N4O3. The molecule has 2 rings (SSSR count). The molecule has 0 radical (unpaired) electrons. The van der Waals surface area contributed by atoms with E-state index < -0.39 is 4.92 Å². The van der Waals surface area contributed by atoms with Gasteiger partial charge in [-0.1, -0.05) is 0 Å². The van der Waals surface area contributed by atoms with Gasteiger partial charge in [0.2, 0.25) is 0 Å². The van der Waals surface area contributed by atoms with E-state index in [0.29, 0.717) is 5.82 Å². The number of nitrogens with one attached hydrogen (secondary N) is 1. The number of anilines is 1. The Kier molecular flexibility index (Phi) is 4.74. The van der Waals surface area contributed by atoms with E-state index in [1.807, 2.05) is 6.92 Å². The van der Waals surface area contributed by atoms with Crippen LogP contribution in [0.2, 0.25) is 0 Å². The van der Waals surface area contributed by atoms with Crippen molar-refractivity contribution < 1.29 is 9.66 Å². The molecule has 1 saturated heterocycles. The molecule has 1 aromatic heterocycles. The van der Waals surface area contributed by atoms with Crippen LogP contribution in [0.1, 0.15) is 18.4 Å². The van der Waals surface area contributed by atoms with Gasteiger partial charge in [-0.2, -0.15) is 0 Å². The van der Waals surface area contributed by atoms with E-state index in [4.69, 9.17) is 4.74 Å². The Labute approximate surface area is 124 Å². The molecular weight excluding hydrogens is 272 g/mol. The topological polar surface area (TPSA) is 80.5 Å². The van der Waals surface area contributed by atoms with Crippen molar-refractivity contribution in [1.82, 2.24) is 9.88 Å². The summed E-state index contributed by atoms with van der Waals surface area (Å²) in [4.78, 5) is 16.7. The van der Waals surface area contributed by atoms with Gasteiger partial charge < -0.3 is 15.0 Å². The van der Waals surface area contributed by atoms with Gasteiger partial charge in [-0.05, 0) is 39.4 Å². The highest BCUT2D eigenvalue weighted by Gasteiger charge is 2.34. The number of hydrogen-bond acceptors (Lipinski definition) is 6. The molecule has 1 aliphatic rings. The van der Waals surface area contributed by atoms with Crippen molar-refractivity contribution in [3.8, 4) is 0 Å². The van der Waals surface area contributed by atoms with E-state index in [9.17, 15) is 10.1 Å². The second kappa shape index (κ2) is 6.36. The fourth-order valence-corrected chi connectivity index (χ4v) is 2.63. The van der Waals surface area contributed by atoms with Gasteiger partial charge >= 0.3 is 0 Å². The Hall–Kier alpha value is -1.73. The van der Waals surface area contributed by atoms with Crippen molar-refractivity contribution in [2.75, 3.05) is 39.2 Å². The SMILES string of the molecule is Cc1cc([N+](=O)[O-])cnc1NCC1(N(C)C)CCOCC1. The van der Waals surface area contributed by atoms with E-state index in [0.717, 1.165) is 38.2 Å². The summed E-state index contributed by atoms with van der Waals surface area (Å²) in [6, 6.07) is 1.54. The van der Waals surface area contributed by atoms with Crippen molar-refractivity contribution in [3.63, 3.8) is 0 Å². The maximum Gasteiger partial charge on any atom is 0.287 e. The van der Waals surface area contributed by atoms with Crippen molar-refractivity contribution in [3.05, 3.63) is 27.9 Å². The molecule has 21 heavy (non-hydrogen) atoms. The Balaban J connectivity index is 2.09. The summed E-state index contributed by atoms with van der Waals surface area (Å²) in [5.41, 5.74) is 0.838. The van der Waals surface area contributed by atoms with E-state index in [-0.39, 0.29) is 11.2 Å². The first-order valence-corrected chi connectivity index (χ1v) is 7.05. The van der Waals surface area contributed by atoms with Crippen LogP contribution in [0.15, 0.2) is 12.3 Å². The fourth-order valence-electron chi connectivity index (χ4n) is 2.63. The lowest BCUT2D eigenvalue weighted by atomic mass is 9.88. The highest BCUT2D eigenvalue weighted by atomic mass is 16.6. The number of rotatable bonds is 5. The highest BCUT2D eigenvalue weighted by molar-refractivity contribution is 5.48. The van der Waals surface area contributed by atoms with Gasteiger partial charge in [-0.3, -0.25) is 10.1 Å². The summed E-state index contributed by atoms with van der Waals surface area (Å²) in [7, 11) is 4.15. The summed E-state index contributed by atoms with van der Waals surface area (Å²) in [6.45, 7) is 4.09. The summed E-state index contributed by atoms with van der Waals surface area (Å²) in [5.74, 6) is 0.702. The van der Waals surface area contributed by atoms with Gasteiger partial charge in [0.25, 0.3) is 5.69 Å². The number of nitro groups is 1. The highest BCUT2D eigenvalue weighted by Crippen LogP contribution is 2.27. The molecule has 2 heterocycles. The lowest BCUT2D eigenvalue weighted by Gasteiger charge is -2.43. The molecule has 1 aromatic rings. The smallest absolute Gasteiger partial charge is 0.287 e. The second-order valence-electron chi connectivity index (χ2n) is 5.70. The van der Waals surface area contributed by atoms with E-state index >= 15 is 0 Å². The minimum Gasteiger partial charge on any atom is -0.381 e. The molecule has 7 nitrogen and oxygen atoms in total. The molecule has 0 aliphatic carbocycles. The Morgan fingerprint density at radius 3 is 2.67 bits per heavy atom. The van der Waals surface area contributed by atoms with Gasteiger partial charge in [-0.25, -0.2) is 4.98 Å². The zero-order valence-corrected chi connectivity index (χ0v) is 12.8. The van der Waals surface area contributed by atoms with Crippen molar-refractivity contribution in [2.45, 2.75) is 25.3 Å². The van der Waals surface area contributed by atoms with Gasteiger partial charge in [0.05, 0.1) is 4.92 Å². The van der Waals surface area contributed by atoms with Crippen molar-refractivity contribution >= 4 is 11.5 Å². The lowest BCUT2D eigenvalue weighted by Crippen LogP contribution is -2.53. The fraction of sp³-hybridized carbons (Fsp3) is 0.643. The monoisotopic (exact) mass is 294 g/mol. The summed E-state index contributed by atoms with van der Waals surface area (Å²) in [6.07, 6.45) is 3.21. The molecule has 0 spiro atoms. The van der Waals surface area contributed by atoms with Gasteiger partial charge in [0.1, 0.15) is 12.0 Å². The normalized spacial score (nSPS) is 17.7. The van der Waals surface area contributed by atoms with E-state index in [1.54, 1.807) is 6.07 Å².